The van der Waals surface area contributed by atoms with Crippen LogP contribution in [-0.4, -0.2) is 43.2 Å². The van der Waals surface area contributed by atoms with Crippen molar-refractivity contribution < 1.29 is 21.6 Å². The third kappa shape index (κ3) is 4.41. The van der Waals surface area contributed by atoms with Gasteiger partial charge in [0.25, 0.3) is 0 Å². The quantitative estimate of drug-likeness (QED) is 0.897. The molecular formula is C13H17F3N2O2S. The summed E-state index contributed by atoms with van der Waals surface area (Å²) in [6.07, 6.45) is -0.844. The molecule has 1 aliphatic rings. The molecule has 1 aromatic heterocycles. The van der Waals surface area contributed by atoms with Crippen LogP contribution in [0.15, 0.2) is 24.5 Å². The zero-order valence-electron chi connectivity index (χ0n) is 11.3. The van der Waals surface area contributed by atoms with Crippen LogP contribution in [-0.2, 0) is 16.3 Å². The number of aromatic nitrogens is 1. The number of hydrogen-bond acceptors (Lipinski definition) is 4. The van der Waals surface area contributed by atoms with Gasteiger partial charge in [-0.05, 0) is 37.0 Å². The summed E-state index contributed by atoms with van der Waals surface area (Å²) < 4.78 is 62.4. The van der Waals surface area contributed by atoms with Crippen molar-refractivity contribution in [2.75, 3.05) is 12.3 Å². The average Bonchev–Trinajstić information content (AvgIpc) is 2.73. The van der Waals surface area contributed by atoms with Crippen LogP contribution in [0.3, 0.4) is 0 Å². The second-order valence-corrected chi connectivity index (χ2v) is 7.59. The smallest absolute Gasteiger partial charge is 0.305 e. The van der Waals surface area contributed by atoms with E-state index in [1.807, 2.05) is 0 Å². The van der Waals surface area contributed by atoms with Gasteiger partial charge in [0.05, 0.1) is 11.0 Å². The van der Waals surface area contributed by atoms with Gasteiger partial charge in [-0.15, -0.1) is 0 Å². The van der Waals surface area contributed by atoms with Crippen LogP contribution in [0.1, 0.15) is 18.4 Å². The molecule has 1 saturated heterocycles. The summed E-state index contributed by atoms with van der Waals surface area (Å²) in [6, 6.07) is 1.29. The monoisotopic (exact) mass is 322 g/mol. The van der Waals surface area contributed by atoms with Crippen LogP contribution in [0.4, 0.5) is 13.2 Å². The molecule has 1 aromatic rings. The maximum Gasteiger partial charge on any atom is 0.404 e. The van der Waals surface area contributed by atoms with E-state index in [0.717, 1.165) is 0 Å². The fraction of sp³-hybridized carbons (Fsp3) is 0.615. The second-order valence-electron chi connectivity index (χ2n) is 5.19. The Morgan fingerprint density at radius 2 is 2.00 bits per heavy atom. The van der Waals surface area contributed by atoms with Crippen molar-refractivity contribution in [1.82, 2.24) is 10.3 Å². The Labute approximate surface area is 121 Å². The largest absolute Gasteiger partial charge is 0.404 e. The molecule has 21 heavy (non-hydrogen) atoms. The maximum absolute atomic E-state index is 13.0. The molecule has 0 bridgehead atoms. The number of sulfone groups is 1. The van der Waals surface area contributed by atoms with Crippen molar-refractivity contribution in [3.63, 3.8) is 0 Å². The summed E-state index contributed by atoms with van der Waals surface area (Å²) in [7, 11) is -3.24. The molecule has 118 valence electrons. The number of nitrogens with zero attached hydrogens (tertiary/aromatic N) is 1. The highest BCUT2D eigenvalue weighted by Gasteiger charge is 2.41. The maximum atomic E-state index is 13.0. The van der Waals surface area contributed by atoms with Gasteiger partial charge >= 0.3 is 6.18 Å². The Morgan fingerprint density at radius 1 is 1.33 bits per heavy atom. The van der Waals surface area contributed by atoms with E-state index >= 15 is 0 Å². The fourth-order valence-corrected chi connectivity index (χ4v) is 4.20. The molecule has 1 fully saturated rings. The Hall–Kier alpha value is -1.15. The van der Waals surface area contributed by atoms with Gasteiger partial charge in [-0.3, -0.25) is 4.98 Å². The highest BCUT2D eigenvalue weighted by atomic mass is 32.2. The Morgan fingerprint density at radius 3 is 2.52 bits per heavy atom. The second kappa shape index (κ2) is 6.31. The van der Waals surface area contributed by atoms with Gasteiger partial charge in [0.2, 0.25) is 0 Å². The van der Waals surface area contributed by atoms with Crippen molar-refractivity contribution in [3.05, 3.63) is 30.1 Å². The molecule has 2 rings (SSSR count). The predicted octanol–water partition coefficient (Wildman–Crippen LogP) is 1.72. The van der Waals surface area contributed by atoms with Gasteiger partial charge in [0, 0.05) is 18.9 Å². The molecule has 2 atom stereocenters. The lowest BCUT2D eigenvalue weighted by Gasteiger charge is -2.23. The van der Waals surface area contributed by atoms with E-state index in [9.17, 15) is 21.6 Å². The highest BCUT2D eigenvalue weighted by molar-refractivity contribution is 7.92. The minimum atomic E-state index is -4.42. The molecule has 2 heterocycles. The molecule has 8 heteroatoms. The summed E-state index contributed by atoms with van der Waals surface area (Å²) in [5, 5.41) is 1.67. The third-order valence-corrected chi connectivity index (χ3v) is 5.91. The van der Waals surface area contributed by atoms with Crippen molar-refractivity contribution in [2.24, 2.45) is 0 Å². The first-order valence-corrected chi connectivity index (χ1v) is 8.41. The Balaban J connectivity index is 2.01. The lowest BCUT2D eigenvalue weighted by molar-refractivity contribution is -0.155. The molecule has 0 spiro atoms. The Bertz CT molecular complexity index is 561. The summed E-state index contributed by atoms with van der Waals surface area (Å²) in [4.78, 5) is 3.76. The minimum absolute atomic E-state index is 0.0698. The average molecular weight is 322 g/mol. The van der Waals surface area contributed by atoms with Crippen LogP contribution in [0.2, 0.25) is 0 Å². The molecule has 0 aliphatic carbocycles. The van der Waals surface area contributed by atoms with E-state index in [1.54, 1.807) is 0 Å². The molecular weight excluding hydrogens is 305 g/mol. The normalized spacial score (nSPS) is 23.1. The highest BCUT2D eigenvalue weighted by Crippen LogP contribution is 2.25. The van der Waals surface area contributed by atoms with Crippen molar-refractivity contribution in [3.8, 4) is 0 Å². The van der Waals surface area contributed by atoms with E-state index in [0.29, 0.717) is 18.4 Å². The summed E-state index contributed by atoms with van der Waals surface area (Å²) in [5.41, 5.74) is 0.508. The van der Waals surface area contributed by atoms with E-state index in [2.05, 4.69) is 10.3 Å². The van der Waals surface area contributed by atoms with Gasteiger partial charge in [-0.2, -0.15) is 13.2 Å². The summed E-state index contributed by atoms with van der Waals surface area (Å²) >= 11 is 0. The van der Waals surface area contributed by atoms with Crippen LogP contribution >= 0.6 is 0 Å². The van der Waals surface area contributed by atoms with Crippen LogP contribution in [0.25, 0.3) is 0 Å². The molecule has 0 unspecified atom stereocenters. The van der Waals surface area contributed by atoms with Crippen molar-refractivity contribution in [1.29, 1.82) is 0 Å². The number of hydrogen-bond donors (Lipinski definition) is 1. The van der Waals surface area contributed by atoms with Crippen molar-refractivity contribution >= 4 is 9.84 Å². The number of alkyl halides is 3. The number of rotatable bonds is 5. The van der Waals surface area contributed by atoms with E-state index in [4.69, 9.17) is 0 Å². The minimum Gasteiger partial charge on any atom is -0.305 e. The lowest BCUT2D eigenvalue weighted by Crippen LogP contribution is -2.47. The molecule has 4 nitrogen and oxygen atoms in total. The third-order valence-electron chi connectivity index (χ3n) is 3.64. The first kappa shape index (κ1) is 16.2. The molecule has 0 amide bonds. The van der Waals surface area contributed by atoms with Gasteiger partial charge < -0.3 is 5.32 Å². The SMILES string of the molecule is O=S1(=O)CCC[C@@H]1CN[C@@H](Cc1ccncc1)C(F)(F)F. The van der Waals surface area contributed by atoms with E-state index < -0.39 is 27.3 Å². The lowest BCUT2D eigenvalue weighted by atomic mass is 10.1. The van der Waals surface area contributed by atoms with Crippen molar-refractivity contribution in [2.45, 2.75) is 36.7 Å². The van der Waals surface area contributed by atoms with E-state index in [1.165, 1.54) is 24.5 Å². The van der Waals surface area contributed by atoms with Crippen LogP contribution in [0, 0.1) is 0 Å². The topological polar surface area (TPSA) is 59.1 Å². The summed E-state index contributed by atoms with van der Waals surface area (Å²) in [5.74, 6) is 0.0698. The fourth-order valence-electron chi connectivity index (χ4n) is 2.42. The molecule has 0 radical (unpaired) electrons. The molecule has 0 aromatic carbocycles. The molecule has 1 aliphatic heterocycles. The first-order chi connectivity index (χ1) is 9.79. The summed E-state index contributed by atoms with van der Waals surface area (Å²) in [6.45, 7) is -0.155. The van der Waals surface area contributed by atoms with Crippen LogP contribution < -0.4 is 5.32 Å². The number of pyridine rings is 1. The number of nitrogens with one attached hydrogen (secondary N) is 1. The number of halogens is 3. The van der Waals surface area contributed by atoms with Gasteiger partial charge in [-0.1, -0.05) is 0 Å². The zero-order chi connectivity index (χ0) is 15.5. The van der Waals surface area contributed by atoms with Gasteiger partial charge in [0.15, 0.2) is 9.84 Å². The van der Waals surface area contributed by atoms with Crippen LogP contribution in [0.5, 0.6) is 0 Å². The predicted molar refractivity (Wildman–Crippen MR) is 72.6 cm³/mol. The molecule has 0 saturated carbocycles. The Kier molecular flexibility index (Phi) is 4.88. The van der Waals surface area contributed by atoms with Gasteiger partial charge in [0.1, 0.15) is 6.04 Å². The zero-order valence-corrected chi connectivity index (χ0v) is 12.1. The van der Waals surface area contributed by atoms with Gasteiger partial charge in [-0.25, -0.2) is 8.42 Å². The first-order valence-electron chi connectivity index (χ1n) is 6.69. The van der Waals surface area contributed by atoms with E-state index in [-0.39, 0.29) is 18.7 Å². The standard InChI is InChI=1S/C13H17F3N2O2S/c14-13(15,16)12(8-10-3-5-17-6-4-10)18-9-11-2-1-7-21(11,19)20/h3-6,11-12,18H,1-2,7-9H2/t11-,12+/m1/s1. The molecule has 1 N–H and O–H groups in total.